The SMILES string of the molecule is CCCCCOc1ccc(C(N)=O)o1. The van der Waals surface area contributed by atoms with Crippen LogP contribution >= 0.6 is 0 Å². The molecule has 0 fully saturated rings. The number of amides is 1. The fourth-order valence-corrected chi connectivity index (χ4v) is 1.05. The maximum Gasteiger partial charge on any atom is 0.284 e. The van der Waals surface area contributed by atoms with Crippen molar-refractivity contribution < 1.29 is 13.9 Å². The molecule has 1 aromatic rings. The smallest absolute Gasteiger partial charge is 0.284 e. The Morgan fingerprint density at radius 1 is 1.50 bits per heavy atom. The van der Waals surface area contributed by atoms with Crippen LogP contribution in [0.5, 0.6) is 5.95 Å². The number of hydrogen-bond acceptors (Lipinski definition) is 3. The van der Waals surface area contributed by atoms with Crippen LogP contribution in [-0.2, 0) is 0 Å². The highest BCUT2D eigenvalue weighted by molar-refractivity contribution is 5.89. The molecule has 0 bridgehead atoms. The molecule has 4 heteroatoms. The van der Waals surface area contributed by atoms with Crippen molar-refractivity contribution in [2.24, 2.45) is 5.73 Å². The van der Waals surface area contributed by atoms with E-state index in [0.717, 1.165) is 19.3 Å². The van der Waals surface area contributed by atoms with E-state index >= 15 is 0 Å². The number of carbonyl (C=O) groups is 1. The van der Waals surface area contributed by atoms with Crippen LogP contribution in [0.2, 0.25) is 0 Å². The molecule has 1 amide bonds. The van der Waals surface area contributed by atoms with E-state index in [2.05, 4.69) is 6.92 Å². The van der Waals surface area contributed by atoms with Crippen LogP contribution in [0.25, 0.3) is 0 Å². The second-order valence-electron chi connectivity index (χ2n) is 3.04. The Morgan fingerprint density at radius 3 is 2.86 bits per heavy atom. The highest BCUT2D eigenvalue weighted by Crippen LogP contribution is 2.15. The predicted molar refractivity (Wildman–Crippen MR) is 52.2 cm³/mol. The summed E-state index contributed by atoms with van der Waals surface area (Å²) in [5.41, 5.74) is 5.02. The van der Waals surface area contributed by atoms with Crippen LogP contribution in [0, 0.1) is 0 Å². The zero-order valence-corrected chi connectivity index (χ0v) is 8.29. The molecule has 4 nitrogen and oxygen atoms in total. The standard InChI is InChI=1S/C10H15NO3/c1-2-3-4-7-13-9-6-5-8(14-9)10(11)12/h5-6H,2-4,7H2,1H3,(H2,11,12). The van der Waals surface area contributed by atoms with Gasteiger partial charge in [0.2, 0.25) is 0 Å². The molecule has 0 radical (unpaired) electrons. The summed E-state index contributed by atoms with van der Waals surface area (Å²) in [6, 6.07) is 3.11. The van der Waals surface area contributed by atoms with E-state index in [1.54, 1.807) is 6.07 Å². The van der Waals surface area contributed by atoms with Crippen LogP contribution in [-0.4, -0.2) is 12.5 Å². The summed E-state index contributed by atoms with van der Waals surface area (Å²) in [6.45, 7) is 2.73. The van der Waals surface area contributed by atoms with Gasteiger partial charge in [0.15, 0.2) is 5.76 Å². The lowest BCUT2D eigenvalue weighted by Crippen LogP contribution is -2.09. The van der Waals surface area contributed by atoms with Gasteiger partial charge in [-0.25, -0.2) is 0 Å². The minimum Gasteiger partial charge on any atom is -0.465 e. The van der Waals surface area contributed by atoms with Crippen molar-refractivity contribution in [2.75, 3.05) is 6.61 Å². The Balaban J connectivity index is 2.33. The quantitative estimate of drug-likeness (QED) is 0.709. The highest BCUT2D eigenvalue weighted by Gasteiger charge is 2.06. The van der Waals surface area contributed by atoms with Gasteiger partial charge in [-0.05, 0) is 12.5 Å². The Bertz CT molecular complexity index is 293. The van der Waals surface area contributed by atoms with Gasteiger partial charge in [0, 0.05) is 6.07 Å². The first-order valence-electron chi connectivity index (χ1n) is 4.76. The first kappa shape index (κ1) is 10.6. The van der Waals surface area contributed by atoms with Crippen LogP contribution in [0.3, 0.4) is 0 Å². The zero-order valence-electron chi connectivity index (χ0n) is 8.29. The number of nitrogens with two attached hydrogens (primary N) is 1. The van der Waals surface area contributed by atoms with Gasteiger partial charge in [-0.15, -0.1) is 0 Å². The van der Waals surface area contributed by atoms with Crippen LogP contribution in [0.1, 0.15) is 36.7 Å². The van der Waals surface area contributed by atoms with E-state index in [4.69, 9.17) is 14.9 Å². The molecule has 0 unspecified atom stereocenters. The maximum atomic E-state index is 10.7. The normalized spacial score (nSPS) is 10.1. The summed E-state index contributed by atoms with van der Waals surface area (Å²) < 4.78 is 10.3. The van der Waals surface area contributed by atoms with E-state index in [1.807, 2.05) is 0 Å². The van der Waals surface area contributed by atoms with E-state index in [9.17, 15) is 4.79 Å². The van der Waals surface area contributed by atoms with Crippen molar-refractivity contribution in [1.82, 2.24) is 0 Å². The van der Waals surface area contributed by atoms with Gasteiger partial charge >= 0.3 is 0 Å². The summed E-state index contributed by atoms with van der Waals surface area (Å²) in [6.07, 6.45) is 3.26. The number of ether oxygens (including phenoxy) is 1. The third-order valence-electron chi connectivity index (χ3n) is 1.82. The zero-order chi connectivity index (χ0) is 10.4. The van der Waals surface area contributed by atoms with Gasteiger partial charge < -0.3 is 14.9 Å². The van der Waals surface area contributed by atoms with Gasteiger partial charge in [-0.1, -0.05) is 19.8 Å². The largest absolute Gasteiger partial charge is 0.465 e. The second kappa shape index (κ2) is 5.32. The molecule has 1 heterocycles. The third-order valence-corrected chi connectivity index (χ3v) is 1.82. The fourth-order valence-electron chi connectivity index (χ4n) is 1.05. The first-order chi connectivity index (χ1) is 6.74. The highest BCUT2D eigenvalue weighted by atomic mass is 16.6. The van der Waals surface area contributed by atoms with Crippen molar-refractivity contribution in [1.29, 1.82) is 0 Å². The monoisotopic (exact) mass is 197 g/mol. The average molecular weight is 197 g/mol. The molecule has 0 aromatic carbocycles. The van der Waals surface area contributed by atoms with Crippen molar-refractivity contribution in [3.63, 3.8) is 0 Å². The number of primary amides is 1. The lowest BCUT2D eigenvalue weighted by molar-refractivity contribution is 0.0964. The fraction of sp³-hybridized carbons (Fsp3) is 0.500. The van der Waals surface area contributed by atoms with Gasteiger partial charge in [0.05, 0.1) is 6.61 Å². The molecule has 0 saturated heterocycles. The van der Waals surface area contributed by atoms with Crippen LogP contribution in [0.4, 0.5) is 0 Å². The van der Waals surface area contributed by atoms with Crippen molar-refractivity contribution in [3.05, 3.63) is 17.9 Å². The number of rotatable bonds is 6. The third kappa shape index (κ3) is 3.12. The first-order valence-corrected chi connectivity index (χ1v) is 4.76. The second-order valence-corrected chi connectivity index (χ2v) is 3.04. The predicted octanol–water partition coefficient (Wildman–Crippen LogP) is 1.95. The number of hydrogen-bond donors (Lipinski definition) is 1. The molecule has 1 aromatic heterocycles. The maximum absolute atomic E-state index is 10.7. The molecule has 0 aliphatic heterocycles. The lowest BCUT2D eigenvalue weighted by atomic mass is 10.3. The molecule has 78 valence electrons. The molecule has 0 aliphatic rings. The van der Waals surface area contributed by atoms with Gasteiger partial charge in [-0.2, -0.15) is 0 Å². The summed E-state index contributed by atoms with van der Waals surface area (Å²) in [7, 11) is 0. The molecule has 0 aliphatic carbocycles. The molecular formula is C10H15NO3. The van der Waals surface area contributed by atoms with Crippen LogP contribution in [0.15, 0.2) is 16.5 Å². The molecule has 1 rings (SSSR count). The van der Waals surface area contributed by atoms with Crippen molar-refractivity contribution >= 4 is 5.91 Å². The Morgan fingerprint density at radius 2 is 2.29 bits per heavy atom. The van der Waals surface area contributed by atoms with E-state index in [0.29, 0.717) is 12.6 Å². The van der Waals surface area contributed by atoms with E-state index < -0.39 is 5.91 Å². The summed E-state index contributed by atoms with van der Waals surface area (Å²) in [4.78, 5) is 10.7. The van der Waals surface area contributed by atoms with Gasteiger partial charge in [0.25, 0.3) is 11.9 Å². The Labute approximate surface area is 83.0 Å². The summed E-state index contributed by atoms with van der Waals surface area (Å²) >= 11 is 0. The van der Waals surface area contributed by atoms with E-state index in [1.165, 1.54) is 6.07 Å². The average Bonchev–Trinajstić information content (AvgIpc) is 2.61. The molecule has 0 spiro atoms. The number of unbranched alkanes of at least 4 members (excludes halogenated alkanes) is 2. The summed E-state index contributed by atoms with van der Waals surface area (Å²) in [5, 5.41) is 0. The van der Waals surface area contributed by atoms with Gasteiger partial charge in [-0.3, -0.25) is 4.79 Å². The lowest BCUT2D eigenvalue weighted by Gasteiger charge is -2.00. The molecule has 0 atom stereocenters. The van der Waals surface area contributed by atoms with Gasteiger partial charge in [0.1, 0.15) is 0 Å². The Kier molecular flexibility index (Phi) is 4.04. The number of furan rings is 1. The summed E-state index contributed by atoms with van der Waals surface area (Å²) in [5.74, 6) is -0.0844. The minimum atomic E-state index is -0.576. The molecule has 2 N–H and O–H groups in total. The van der Waals surface area contributed by atoms with Crippen molar-refractivity contribution in [3.8, 4) is 5.95 Å². The van der Waals surface area contributed by atoms with Crippen LogP contribution < -0.4 is 10.5 Å². The minimum absolute atomic E-state index is 0.135. The van der Waals surface area contributed by atoms with Crippen molar-refractivity contribution in [2.45, 2.75) is 26.2 Å². The molecular weight excluding hydrogens is 182 g/mol. The van der Waals surface area contributed by atoms with E-state index in [-0.39, 0.29) is 5.76 Å². The Hall–Kier alpha value is -1.45. The number of carbonyl (C=O) groups excluding carboxylic acids is 1. The topological polar surface area (TPSA) is 65.5 Å². The molecule has 0 saturated carbocycles. The molecule has 14 heavy (non-hydrogen) atoms.